The van der Waals surface area contributed by atoms with Gasteiger partial charge in [-0.05, 0) is 58.3 Å². The maximum absolute atomic E-state index is 5.96. The molecule has 2 saturated heterocycles. The van der Waals surface area contributed by atoms with E-state index in [1.54, 1.807) is 0 Å². The Morgan fingerprint density at radius 1 is 1.11 bits per heavy atom. The van der Waals surface area contributed by atoms with Gasteiger partial charge in [-0.15, -0.1) is 0 Å². The van der Waals surface area contributed by atoms with Crippen LogP contribution in [0.5, 0.6) is 0 Å². The van der Waals surface area contributed by atoms with Crippen molar-refractivity contribution in [2.75, 3.05) is 0 Å². The second-order valence-electron chi connectivity index (χ2n) is 7.32. The lowest BCUT2D eigenvalue weighted by Gasteiger charge is -2.32. The van der Waals surface area contributed by atoms with Crippen molar-refractivity contribution in [2.24, 2.45) is 11.8 Å². The average molecular weight is 248 g/mol. The largest absolute Gasteiger partial charge is 0.366 e. The van der Waals surface area contributed by atoms with E-state index in [4.69, 9.17) is 9.47 Å². The Kier molecular flexibility index (Phi) is 2.17. The van der Waals surface area contributed by atoms with Gasteiger partial charge in [0.2, 0.25) is 0 Å². The Labute approximate surface area is 110 Å². The third kappa shape index (κ3) is 1.55. The summed E-state index contributed by atoms with van der Waals surface area (Å²) in [5.41, 5.74) is 1.86. The molecule has 2 saturated carbocycles. The molecule has 2 heterocycles. The lowest BCUT2D eigenvalue weighted by atomic mass is 9.70. The van der Waals surface area contributed by atoms with Crippen LogP contribution in [-0.4, -0.2) is 23.4 Å². The van der Waals surface area contributed by atoms with Crippen LogP contribution in [0.2, 0.25) is 0 Å². The molecule has 6 atom stereocenters. The maximum Gasteiger partial charge on any atom is 0.0935 e. The first-order valence-corrected chi connectivity index (χ1v) is 7.56. The molecule has 6 unspecified atom stereocenters. The molecule has 100 valence electrons. The van der Waals surface area contributed by atoms with Crippen LogP contribution in [0, 0.1) is 11.8 Å². The van der Waals surface area contributed by atoms with Crippen LogP contribution in [0.15, 0.2) is 12.2 Å². The van der Waals surface area contributed by atoms with Crippen molar-refractivity contribution >= 4 is 0 Å². The SMILES string of the molecule is C=C(C1CCC2OC2(C)C1)C1CCCC2(C)OC12. The number of fused-ring (bicyclic) bond motifs is 2. The minimum Gasteiger partial charge on any atom is -0.366 e. The van der Waals surface area contributed by atoms with Crippen molar-refractivity contribution < 1.29 is 9.47 Å². The topological polar surface area (TPSA) is 25.1 Å². The van der Waals surface area contributed by atoms with E-state index in [1.165, 1.54) is 44.1 Å². The van der Waals surface area contributed by atoms with E-state index in [0.29, 0.717) is 24.0 Å². The van der Waals surface area contributed by atoms with Gasteiger partial charge in [-0.1, -0.05) is 12.2 Å². The predicted molar refractivity (Wildman–Crippen MR) is 70.4 cm³/mol. The molecule has 0 radical (unpaired) electrons. The van der Waals surface area contributed by atoms with Gasteiger partial charge in [0, 0.05) is 5.92 Å². The fourth-order valence-corrected chi connectivity index (χ4v) is 4.57. The molecule has 2 nitrogen and oxygen atoms in total. The lowest BCUT2D eigenvalue weighted by molar-refractivity contribution is 0.270. The summed E-state index contributed by atoms with van der Waals surface area (Å²) >= 11 is 0. The molecule has 0 N–H and O–H groups in total. The van der Waals surface area contributed by atoms with Crippen LogP contribution >= 0.6 is 0 Å². The molecule has 18 heavy (non-hydrogen) atoms. The van der Waals surface area contributed by atoms with Crippen LogP contribution in [0.25, 0.3) is 0 Å². The quantitative estimate of drug-likeness (QED) is 0.552. The summed E-state index contributed by atoms with van der Waals surface area (Å²) in [6.07, 6.45) is 8.57. The van der Waals surface area contributed by atoms with Gasteiger partial charge in [-0.3, -0.25) is 0 Å². The smallest absolute Gasteiger partial charge is 0.0935 e. The van der Waals surface area contributed by atoms with Crippen molar-refractivity contribution in [1.82, 2.24) is 0 Å². The third-order valence-corrected chi connectivity index (χ3v) is 5.96. The molecule has 0 bridgehead atoms. The Balaban J connectivity index is 1.47. The fraction of sp³-hybridized carbons (Fsp3) is 0.875. The van der Waals surface area contributed by atoms with Gasteiger partial charge in [-0.25, -0.2) is 0 Å². The summed E-state index contributed by atoms with van der Waals surface area (Å²) in [5.74, 6) is 1.29. The van der Waals surface area contributed by atoms with Crippen LogP contribution < -0.4 is 0 Å². The molecule has 2 heteroatoms. The number of ether oxygens (including phenoxy) is 2. The molecule has 4 fully saturated rings. The fourth-order valence-electron chi connectivity index (χ4n) is 4.57. The molecule has 0 amide bonds. The van der Waals surface area contributed by atoms with E-state index in [1.807, 2.05) is 0 Å². The van der Waals surface area contributed by atoms with Crippen LogP contribution in [0.4, 0.5) is 0 Å². The van der Waals surface area contributed by atoms with Gasteiger partial charge < -0.3 is 9.47 Å². The molecular formula is C16H24O2. The first-order chi connectivity index (χ1) is 8.52. The molecule has 2 aliphatic heterocycles. The van der Waals surface area contributed by atoms with Gasteiger partial charge in [0.1, 0.15) is 0 Å². The van der Waals surface area contributed by atoms with Crippen molar-refractivity contribution in [3.63, 3.8) is 0 Å². The van der Waals surface area contributed by atoms with Crippen molar-refractivity contribution in [3.8, 4) is 0 Å². The van der Waals surface area contributed by atoms with Crippen LogP contribution in [0.1, 0.15) is 52.4 Å². The Bertz CT molecular complexity index is 404. The van der Waals surface area contributed by atoms with Gasteiger partial charge >= 0.3 is 0 Å². The summed E-state index contributed by atoms with van der Waals surface area (Å²) in [5, 5.41) is 0. The Morgan fingerprint density at radius 2 is 1.94 bits per heavy atom. The zero-order valence-electron chi connectivity index (χ0n) is 11.6. The Hall–Kier alpha value is -0.340. The number of epoxide rings is 2. The molecule has 0 spiro atoms. The highest BCUT2D eigenvalue weighted by Gasteiger charge is 2.60. The summed E-state index contributed by atoms with van der Waals surface area (Å²) < 4.78 is 11.8. The van der Waals surface area contributed by atoms with Crippen molar-refractivity contribution in [2.45, 2.75) is 75.8 Å². The van der Waals surface area contributed by atoms with Gasteiger partial charge in [0.05, 0.1) is 23.4 Å². The first kappa shape index (κ1) is 11.5. The molecule has 0 aromatic rings. The van der Waals surface area contributed by atoms with E-state index >= 15 is 0 Å². The van der Waals surface area contributed by atoms with Crippen molar-refractivity contribution in [1.29, 1.82) is 0 Å². The van der Waals surface area contributed by atoms with Gasteiger partial charge in [0.15, 0.2) is 0 Å². The third-order valence-electron chi connectivity index (χ3n) is 5.96. The summed E-state index contributed by atoms with van der Waals surface area (Å²) in [6, 6.07) is 0. The molecule has 4 rings (SSSR count). The van der Waals surface area contributed by atoms with E-state index < -0.39 is 0 Å². The monoisotopic (exact) mass is 248 g/mol. The molecule has 0 aromatic carbocycles. The van der Waals surface area contributed by atoms with E-state index in [0.717, 1.165) is 0 Å². The first-order valence-electron chi connectivity index (χ1n) is 7.56. The number of hydrogen-bond acceptors (Lipinski definition) is 2. The van der Waals surface area contributed by atoms with Gasteiger partial charge in [0.25, 0.3) is 0 Å². The highest BCUT2D eigenvalue weighted by Crippen LogP contribution is 2.56. The van der Waals surface area contributed by atoms with Crippen LogP contribution in [-0.2, 0) is 9.47 Å². The molecule has 4 aliphatic rings. The summed E-state index contributed by atoms with van der Waals surface area (Å²) in [6.45, 7) is 9.01. The minimum atomic E-state index is 0.189. The van der Waals surface area contributed by atoms with E-state index in [2.05, 4.69) is 20.4 Å². The lowest BCUT2D eigenvalue weighted by Crippen LogP contribution is -2.30. The number of rotatable bonds is 2. The highest BCUT2D eigenvalue weighted by atomic mass is 16.6. The molecule has 2 aliphatic carbocycles. The van der Waals surface area contributed by atoms with Crippen LogP contribution in [0.3, 0.4) is 0 Å². The highest BCUT2D eigenvalue weighted by molar-refractivity contribution is 5.21. The summed E-state index contributed by atoms with van der Waals surface area (Å²) in [7, 11) is 0. The maximum atomic E-state index is 5.96. The molecular weight excluding hydrogens is 224 g/mol. The second kappa shape index (κ2) is 3.40. The Morgan fingerprint density at radius 3 is 2.72 bits per heavy atom. The zero-order chi connectivity index (χ0) is 12.5. The average Bonchev–Trinajstić information content (AvgIpc) is 3.19. The van der Waals surface area contributed by atoms with Gasteiger partial charge in [-0.2, -0.15) is 0 Å². The number of hydrogen-bond donors (Lipinski definition) is 0. The molecule has 0 aromatic heterocycles. The zero-order valence-corrected chi connectivity index (χ0v) is 11.6. The normalized spacial score (nSPS) is 57.4. The predicted octanol–water partition coefficient (Wildman–Crippen LogP) is 3.46. The van der Waals surface area contributed by atoms with E-state index in [-0.39, 0.29) is 11.2 Å². The minimum absolute atomic E-state index is 0.189. The second-order valence-corrected chi connectivity index (χ2v) is 7.32. The summed E-state index contributed by atoms with van der Waals surface area (Å²) in [4.78, 5) is 0. The van der Waals surface area contributed by atoms with Crippen molar-refractivity contribution in [3.05, 3.63) is 12.2 Å². The standard InChI is InChI=1S/C16H24O2/c1-10(11-6-7-13-16(3,9-11)17-13)12-5-4-8-15(2)14(12)18-15/h11-14H,1,4-9H2,2-3H3. The van der Waals surface area contributed by atoms with E-state index in [9.17, 15) is 0 Å².